The Morgan fingerprint density at radius 1 is 1.11 bits per heavy atom. The molecule has 7 rings (SSSR count). The van der Waals surface area contributed by atoms with E-state index in [1.54, 1.807) is 18.0 Å². The molecule has 37 heavy (non-hydrogen) atoms. The zero-order chi connectivity index (χ0) is 25.9. The maximum Gasteiger partial charge on any atom is 0.257 e. The highest BCUT2D eigenvalue weighted by molar-refractivity contribution is 5.97. The molecular weight excluding hydrogens is 481 g/mol. The number of amides is 1. The molecule has 4 fully saturated rings. The van der Waals surface area contributed by atoms with E-state index in [0.29, 0.717) is 23.6 Å². The van der Waals surface area contributed by atoms with Gasteiger partial charge in [0.05, 0.1) is 11.1 Å². The second-order valence-corrected chi connectivity index (χ2v) is 11.1. The molecule has 4 aliphatic rings. The zero-order valence-electron chi connectivity index (χ0n) is 20.6. The molecule has 4 aliphatic carbocycles. The number of alkyl halides is 1. The van der Waals surface area contributed by atoms with Crippen molar-refractivity contribution in [2.75, 3.05) is 25.2 Å². The van der Waals surface area contributed by atoms with Crippen LogP contribution in [0.25, 0.3) is 16.7 Å². The van der Waals surface area contributed by atoms with E-state index in [0.717, 1.165) is 31.4 Å². The highest BCUT2D eigenvalue weighted by Crippen LogP contribution is 2.55. The van der Waals surface area contributed by atoms with Gasteiger partial charge in [-0.3, -0.25) is 14.2 Å². The Balaban J connectivity index is 1.46. The molecule has 3 aromatic rings. The summed E-state index contributed by atoms with van der Waals surface area (Å²) in [7, 11) is 1.65. The average molecular weight is 511 g/mol. The van der Waals surface area contributed by atoms with Crippen molar-refractivity contribution in [1.82, 2.24) is 14.9 Å². The summed E-state index contributed by atoms with van der Waals surface area (Å²) in [4.78, 5) is 33.2. The third-order valence-corrected chi connectivity index (χ3v) is 8.48. The van der Waals surface area contributed by atoms with E-state index in [1.165, 1.54) is 42.2 Å². The largest absolute Gasteiger partial charge is 0.357 e. The first kappa shape index (κ1) is 24.0. The minimum absolute atomic E-state index is 0.0481. The van der Waals surface area contributed by atoms with Gasteiger partial charge in [0.1, 0.15) is 29.7 Å². The predicted octanol–water partition coefficient (Wildman–Crippen LogP) is 4.77. The van der Waals surface area contributed by atoms with Crippen LogP contribution >= 0.6 is 0 Å². The summed E-state index contributed by atoms with van der Waals surface area (Å²) in [5.74, 6) is 0.117. The summed E-state index contributed by atoms with van der Waals surface area (Å²) in [6.07, 6.45) is 7.70. The first-order valence-electron chi connectivity index (χ1n) is 12.9. The lowest BCUT2D eigenvalue weighted by atomic mass is 9.53. The van der Waals surface area contributed by atoms with Crippen LogP contribution in [0.4, 0.5) is 19.0 Å². The molecule has 2 heterocycles. The quantitative estimate of drug-likeness (QED) is 0.519. The van der Waals surface area contributed by atoms with Crippen LogP contribution in [-0.4, -0.2) is 41.3 Å². The predicted molar refractivity (Wildman–Crippen MR) is 135 cm³/mol. The zero-order valence-corrected chi connectivity index (χ0v) is 20.6. The van der Waals surface area contributed by atoms with Gasteiger partial charge in [-0.05, 0) is 80.5 Å². The lowest BCUT2D eigenvalue weighted by Crippen LogP contribution is -2.60. The SMILES string of the molecule is CN(CCF)c1ccc2c(=O)c(C(=O)NC34CC5CC(CC(C5)C3)C4)cn(-c3ccc(F)cc3F)c2n1. The van der Waals surface area contributed by atoms with Gasteiger partial charge >= 0.3 is 0 Å². The third-order valence-electron chi connectivity index (χ3n) is 8.48. The Hall–Kier alpha value is -3.36. The molecule has 2 aromatic heterocycles. The molecule has 1 aromatic carbocycles. The summed E-state index contributed by atoms with van der Waals surface area (Å²) in [5.41, 5.74) is -0.879. The summed E-state index contributed by atoms with van der Waals surface area (Å²) in [5, 5.41) is 3.34. The normalized spacial score (nSPS) is 26.0. The third kappa shape index (κ3) is 4.18. The Kier molecular flexibility index (Phi) is 5.76. The number of hydrogen-bond acceptors (Lipinski definition) is 4. The highest BCUT2D eigenvalue weighted by atomic mass is 19.1. The van der Waals surface area contributed by atoms with E-state index in [4.69, 9.17) is 0 Å². The molecule has 0 spiro atoms. The first-order chi connectivity index (χ1) is 17.7. The number of nitrogens with one attached hydrogen (secondary N) is 1. The van der Waals surface area contributed by atoms with Gasteiger partial charge in [-0.25, -0.2) is 18.2 Å². The number of rotatable bonds is 6. The molecule has 1 amide bonds. The first-order valence-corrected chi connectivity index (χ1v) is 12.9. The van der Waals surface area contributed by atoms with E-state index in [-0.39, 0.29) is 34.4 Å². The summed E-state index contributed by atoms with van der Waals surface area (Å²) in [6, 6.07) is 6.19. The lowest BCUT2D eigenvalue weighted by Gasteiger charge is -2.56. The van der Waals surface area contributed by atoms with Crippen molar-refractivity contribution < 1.29 is 18.0 Å². The van der Waals surface area contributed by atoms with Crippen LogP contribution in [0.1, 0.15) is 48.9 Å². The average Bonchev–Trinajstić information content (AvgIpc) is 2.83. The highest BCUT2D eigenvalue weighted by Gasteiger charge is 2.51. The monoisotopic (exact) mass is 510 g/mol. The fraction of sp³-hybridized carbons (Fsp3) is 0.464. The molecule has 0 unspecified atom stereocenters. The van der Waals surface area contributed by atoms with Gasteiger partial charge < -0.3 is 10.2 Å². The maximum absolute atomic E-state index is 14.9. The molecule has 0 saturated heterocycles. The van der Waals surface area contributed by atoms with Crippen molar-refractivity contribution in [1.29, 1.82) is 0 Å². The van der Waals surface area contributed by atoms with Gasteiger partial charge in [-0.1, -0.05) is 0 Å². The maximum atomic E-state index is 14.9. The Bertz CT molecular complexity index is 1420. The number of hydrogen-bond donors (Lipinski definition) is 1. The number of fused-ring (bicyclic) bond motifs is 1. The van der Waals surface area contributed by atoms with Crippen LogP contribution in [0.5, 0.6) is 0 Å². The van der Waals surface area contributed by atoms with Gasteiger partial charge in [-0.2, -0.15) is 0 Å². The van der Waals surface area contributed by atoms with Crippen LogP contribution in [0, 0.1) is 29.4 Å². The molecule has 1 N–H and O–H groups in total. The van der Waals surface area contributed by atoms with Crippen LogP contribution in [0.3, 0.4) is 0 Å². The van der Waals surface area contributed by atoms with E-state index in [2.05, 4.69) is 10.3 Å². The smallest absolute Gasteiger partial charge is 0.257 e. The van der Waals surface area contributed by atoms with Gasteiger partial charge in [-0.15, -0.1) is 0 Å². The van der Waals surface area contributed by atoms with Gasteiger partial charge in [0.15, 0.2) is 5.65 Å². The topological polar surface area (TPSA) is 67.2 Å². The number of carbonyl (C=O) groups excluding carboxylic acids is 1. The minimum atomic E-state index is -0.860. The van der Waals surface area contributed by atoms with E-state index < -0.39 is 29.6 Å². The number of halogens is 3. The van der Waals surface area contributed by atoms with Crippen molar-refractivity contribution >= 4 is 22.8 Å². The van der Waals surface area contributed by atoms with Gasteiger partial charge in [0, 0.05) is 31.4 Å². The summed E-state index contributed by atoms with van der Waals surface area (Å²) >= 11 is 0. The number of anilines is 1. The number of benzene rings is 1. The molecule has 4 bridgehead atoms. The van der Waals surface area contributed by atoms with Gasteiger partial charge in [0.2, 0.25) is 5.43 Å². The lowest BCUT2D eigenvalue weighted by molar-refractivity contribution is -0.0167. The summed E-state index contributed by atoms with van der Waals surface area (Å²) in [6.45, 7) is -0.516. The van der Waals surface area contributed by atoms with Crippen molar-refractivity contribution in [3.05, 3.63) is 63.9 Å². The number of carbonyl (C=O) groups is 1. The molecular formula is C28H29F3N4O2. The second kappa shape index (κ2) is 8.89. The van der Waals surface area contributed by atoms with Crippen LogP contribution in [-0.2, 0) is 0 Å². The van der Waals surface area contributed by atoms with Crippen molar-refractivity contribution in [3.8, 4) is 5.69 Å². The summed E-state index contributed by atoms with van der Waals surface area (Å²) < 4.78 is 42.9. The van der Waals surface area contributed by atoms with E-state index in [1.807, 2.05) is 0 Å². The Morgan fingerprint density at radius 2 is 1.78 bits per heavy atom. The van der Waals surface area contributed by atoms with Crippen molar-refractivity contribution in [2.45, 2.75) is 44.1 Å². The van der Waals surface area contributed by atoms with Crippen LogP contribution in [0.2, 0.25) is 0 Å². The minimum Gasteiger partial charge on any atom is -0.357 e. The fourth-order valence-electron chi connectivity index (χ4n) is 7.24. The molecule has 4 saturated carbocycles. The van der Waals surface area contributed by atoms with Crippen LogP contribution in [0.15, 0.2) is 41.3 Å². The molecule has 0 radical (unpaired) electrons. The van der Waals surface area contributed by atoms with E-state index in [9.17, 15) is 22.8 Å². The molecule has 0 aliphatic heterocycles. The number of aromatic nitrogens is 2. The van der Waals surface area contributed by atoms with E-state index >= 15 is 0 Å². The van der Waals surface area contributed by atoms with Crippen LogP contribution < -0.4 is 15.6 Å². The molecule has 194 valence electrons. The standard InChI is InChI=1S/C28H29F3N4O2/c1-34(7-6-29)24-5-3-20-25(36)21(15-35(26(20)32-24)23-4-2-19(30)11-22(23)31)27(37)33-28-12-16-8-17(13-28)10-18(9-16)14-28/h2-5,11,15-18H,6-10,12-14H2,1H3,(H,33,37). The fourth-order valence-corrected chi connectivity index (χ4v) is 7.24. The molecule has 9 heteroatoms. The Labute approximate surface area is 212 Å². The Morgan fingerprint density at radius 3 is 2.41 bits per heavy atom. The second-order valence-electron chi connectivity index (χ2n) is 11.1. The molecule has 0 atom stereocenters. The van der Waals surface area contributed by atoms with Crippen molar-refractivity contribution in [2.24, 2.45) is 17.8 Å². The van der Waals surface area contributed by atoms with Crippen molar-refractivity contribution in [3.63, 3.8) is 0 Å². The number of nitrogens with zero attached hydrogens (tertiary/aromatic N) is 3. The van der Waals surface area contributed by atoms with Gasteiger partial charge in [0.25, 0.3) is 5.91 Å². The molecule has 6 nitrogen and oxygen atoms in total. The number of pyridine rings is 2.